The Labute approximate surface area is 115 Å². The summed E-state index contributed by atoms with van der Waals surface area (Å²) >= 11 is 3.55. The summed E-state index contributed by atoms with van der Waals surface area (Å²) in [5, 5.41) is 3.08. The molecular formula is C13H15BrN4. The first-order chi connectivity index (χ1) is 8.63. The lowest BCUT2D eigenvalue weighted by atomic mass is 10.1. The summed E-state index contributed by atoms with van der Waals surface area (Å²) in [4.78, 5) is 13.2. The molecule has 0 saturated heterocycles. The van der Waals surface area contributed by atoms with Crippen LogP contribution in [0.1, 0.15) is 25.5 Å². The molecule has 1 N–H and O–H groups in total. The highest BCUT2D eigenvalue weighted by Crippen LogP contribution is 2.30. The summed E-state index contributed by atoms with van der Waals surface area (Å²) < 4.78 is 0.924. The third-order valence-corrected chi connectivity index (χ3v) is 3.36. The molecule has 2 rings (SSSR count). The van der Waals surface area contributed by atoms with Gasteiger partial charge in [-0.2, -0.15) is 0 Å². The topological polar surface area (TPSA) is 50.7 Å². The first kappa shape index (κ1) is 13.0. The zero-order valence-corrected chi connectivity index (χ0v) is 12.2. The van der Waals surface area contributed by atoms with Crippen LogP contribution in [0, 0.1) is 0 Å². The Morgan fingerprint density at radius 1 is 1.28 bits per heavy atom. The lowest BCUT2D eigenvalue weighted by molar-refractivity contribution is 0.810. The predicted octanol–water partition coefficient (Wildman–Crippen LogP) is 3.47. The number of nitrogens with one attached hydrogen (secondary N) is 1. The number of pyridine rings is 1. The largest absolute Gasteiger partial charge is 0.372 e. The van der Waals surface area contributed by atoms with Crippen molar-refractivity contribution in [2.45, 2.75) is 19.8 Å². The monoisotopic (exact) mass is 306 g/mol. The van der Waals surface area contributed by atoms with Gasteiger partial charge in [0.2, 0.25) is 0 Å². The highest BCUT2D eigenvalue weighted by atomic mass is 79.9. The fourth-order valence-corrected chi connectivity index (χ4v) is 2.47. The van der Waals surface area contributed by atoms with Crippen LogP contribution >= 0.6 is 15.9 Å². The smallest absolute Gasteiger partial charge is 0.163 e. The van der Waals surface area contributed by atoms with E-state index >= 15 is 0 Å². The minimum atomic E-state index is 0.324. The van der Waals surface area contributed by atoms with Crippen LogP contribution in [-0.4, -0.2) is 22.0 Å². The van der Waals surface area contributed by atoms with Crippen LogP contribution < -0.4 is 5.32 Å². The Balaban J connectivity index is 2.59. The highest BCUT2D eigenvalue weighted by molar-refractivity contribution is 9.10. The zero-order valence-electron chi connectivity index (χ0n) is 10.6. The van der Waals surface area contributed by atoms with Crippen LogP contribution in [0.2, 0.25) is 0 Å². The van der Waals surface area contributed by atoms with Gasteiger partial charge in [0.15, 0.2) is 5.82 Å². The number of aromatic nitrogens is 3. The maximum atomic E-state index is 4.61. The average Bonchev–Trinajstić information content (AvgIpc) is 2.39. The molecule has 2 heterocycles. The fourth-order valence-electron chi connectivity index (χ4n) is 1.64. The molecule has 0 saturated carbocycles. The van der Waals surface area contributed by atoms with Crippen molar-refractivity contribution in [1.29, 1.82) is 0 Å². The van der Waals surface area contributed by atoms with Crippen molar-refractivity contribution in [3.05, 3.63) is 34.7 Å². The predicted molar refractivity (Wildman–Crippen MR) is 76.6 cm³/mol. The molecule has 0 radical (unpaired) electrons. The van der Waals surface area contributed by atoms with Crippen LogP contribution in [-0.2, 0) is 0 Å². The summed E-state index contributed by atoms with van der Waals surface area (Å²) in [7, 11) is 1.85. The van der Waals surface area contributed by atoms with E-state index in [9.17, 15) is 0 Å². The van der Waals surface area contributed by atoms with Crippen LogP contribution in [0.3, 0.4) is 0 Å². The quantitative estimate of drug-likeness (QED) is 0.943. The molecule has 0 aliphatic heterocycles. The maximum Gasteiger partial charge on any atom is 0.163 e. The molecule has 0 bridgehead atoms. The maximum absolute atomic E-state index is 4.61. The van der Waals surface area contributed by atoms with E-state index in [0.29, 0.717) is 11.7 Å². The van der Waals surface area contributed by atoms with Crippen molar-refractivity contribution in [3.8, 4) is 11.4 Å². The van der Waals surface area contributed by atoms with E-state index in [-0.39, 0.29) is 0 Å². The Morgan fingerprint density at radius 2 is 2.06 bits per heavy atom. The lowest BCUT2D eigenvalue weighted by Crippen LogP contribution is -2.04. The van der Waals surface area contributed by atoms with Crippen LogP contribution in [0.4, 0.5) is 5.82 Å². The van der Waals surface area contributed by atoms with Gasteiger partial charge in [-0.05, 0) is 34.0 Å². The zero-order chi connectivity index (χ0) is 13.1. The number of anilines is 1. The van der Waals surface area contributed by atoms with Crippen LogP contribution in [0.25, 0.3) is 11.4 Å². The molecule has 0 unspecified atom stereocenters. The van der Waals surface area contributed by atoms with Gasteiger partial charge in [-0.3, -0.25) is 4.98 Å². The van der Waals surface area contributed by atoms with E-state index in [0.717, 1.165) is 21.5 Å². The summed E-state index contributed by atoms with van der Waals surface area (Å²) in [6, 6.07) is 3.84. The molecule has 0 spiro atoms. The molecule has 0 aliphatic rings. The molecule has 2 aromatic heterocycles. The van der Waals surface area contributed by atoms with Crippen molar-refractivity contribution >= 4 is 21.7 Å². The number of hydrogen-bond donors (Lipinski definition) is 1. The van der Waals surface area contributed by atoms with Crippen molar-refractivity contribution in [1.82, 2.24) is 15.0 Å². The van der Waals surface area contributed by atoms with E-state index < -0.39 is 0 Å². The first-order valence-corrected chi connectivity index (χ1v) is 6.58. The number of halogens is 1. The molecule has 4 nitrogen and oxygen atoms in total. The third-order valence-electron chi connectivity index (χ3n) is 2.58. The summed E-state index contributed by atoms with van der Waals surface area (Å²) in [6.45, 7) is 4.22. The average molecular weight is 307 g/mol. The van der Waals surface area contributed by atoms with Crippen molar-refractivity contribution in [2.24, 2.45) is 0 Å². The lowest BCUT2D eigenvalue weighted by Gasteiger charge is -2.13. The second-order valence-corrected chi connectivity index (χ2v) is 5.03. The minimum Gasteiger partial charge on any atom is -0.372 e. The molecular weight excluding hydrogens is 292 g/mol. The van der Waals surface area contributed by atoms with Gasteiger partial charge in [-0.15, -0.1) is 0 Å². The number of nitrogens with zero attached hydrogens (tertiary/aromatic N) is 3. The van der Waals surface area contributed by atoms with Crippen LogP contribution in [0.5, 0.6) is 0 Å². The molecule has 0 atom stereocenters. The molecule has 2 aromatic rings. The van der Waals surface area contributed by atoms with Gasteiger partial charge in [-0.25, -0.2) is 9.97 Å². The Morgan fingerprint density at radius 3 is 2.61 bits per heavy atom. The Kier molecular flexibility index (Phi) is 3.91. The fraction of sp³-hybridized carbons (Fsp3) is 0.308. The van der Waals surface area contributed by atoms with Crippen molar-refractivity contribution < 1.29 is 0 Å². The SMILES string of the molecule is CNc1nc(-c2cccnc2)nc(C(C)C)c1Br. The standard InChI is InChI=1S/C13H15BrN4/c1-8(2)11-10(14)13(15-3)18-12(17-11)9-5-4-6-16-7-9/h4-8H,1-3H3,(H,15,17,18). The Bertz CT molecular complexity index is 540. The van der Waals surface area contributed by atoms with Gasteiger partial charge in [-0.1, -0.05) is 13.8 Å². The van der Waals surface area contributed by atoms with Crippen molar-refractivity contribution in [3.63, 3.8) is 0 Å². The van der Waals surface area contributed by atoms with E-state index in [2.05, 4.69) is 50.0 Å². The van der Waals surface area contributed by atoms with Crippen molar-refractivity contribution in [2.75, 3.05) is 12.4 Å². The highest BCUT2D eigenvalue weighted by Gasteiger charge is 2.15. The molecule has 5 heteroatoms. The minimum absolute atomic E-state index is 0.324. The normalized spacial score (nSPS) is 10.7. The summed E-state index contributed by atoms with van der Waals surface area (Å²) in [5.74, 6) is 1.82. The van der Waals surface area contributed by atoms with E-state index in [1.165, 1.54) is 0 Å². The van der Waals surface area contributed by atoms with E-state index in [1.54, 1.807) is 12.4 Å². The molecule has 94 valence electrons. The number of hydrogen-bond acceptors (Lipinski definition) is 4. The van der Waals surface area contributed by atoms with Gasteiger partial charge in [0.25, 0.3) is 0 Å². The summed E-state index contributed by atoms with van der Waals surface area (Å²) in [6.07, 6.45) is 3.51. The van der Waals surface area contributed by atoms with E-state index in [4.69, 9.17) is 0 Å². The molecule has 18 heavy (non-hydrogen) atoms. The second-order valence-electron chi connectivity index (χ2n) is 4.24. The molecule has 0 aliphatic carbocycles. The molecule has 0 aromatic carbocycles. The van der Waals surface area contributed by atoms with Gasteiger partial charge >= 0.3 is 0 Å². The van der Waals surface area contributed by atoms with E-state index in [1.807, 2.05) is 19.2 Å². The first-order valence-electron chi connectivity index (χ1n) is 5.79. The summed E-state index contributed by atoms with van der Waals surface area (Å²) in [5.41, 5.74) is 1.91. The van der Waals surface area contributed by atoms with Gasteiger partial charge in [0.05, 0.1) is 10.2 Å². The number of rotatable bonds is 3. The van der Waals surface area contributed by atoms with Gasteiger partial charge in [0.1, 0.15) is 5.82 Å². The van der Waals surface area contributed by atoms with Gasteiger partial charge < -0.3 is 5.32 Å². The van der Waals surface area contributed by atoms with Gasteiger partial charge in [0, 0.05) is 25.0 Å². The third kappa shape index (κ3) is 2.51. The van der Waals surface area contributed by atoms with Crippen LogP contribution in [0.15, 0.2) is 29.0 Å². The molecule has 0 fully saturated rings. The second kappa shape index (κ2) is 5.44. The molecule has 0 amide bonds. The Hall–Kier alpha value is -1.49.